The van der Waals surface area contributed by atoms with E-state index in [0.717, 1.165) is 72.5 Å². The van der Waals surface area contributed by atoms with E-state index < -0.39 is 11.4 Å². The van der Waals surface area contributed by atoms with Crippen molar-refractivity contribution in [2.24, 2.45) is 7.05 Å². The summed E-state index contributed by atoms with van der Waals surface area (Å²) in [7, 11) is 1.92. The minimum Gasteiger partial charge on any atom is -0.396 e. The third kappa shape index (κ3) is 7.93. The predicted octanol–water partition coefficient (Wildman–Crippen LogP) is 1.89. The van der Waals surface area contributed by atoms with Crippen LogP contribution in [0, 0.1) is 11.3 Å². The molecule has 0 aliphatic carbocycles. The van der Waals surface area contributed by atoms with Gasteiger partial charge in [-0.1, -0.05) is 25.3 Å². The highest BCUT2D eigenvalue weighted by Gasteiger charge is 2.24. The first kappa shape index (κ1) is 29.9. The van der Waals surface area contributed by atoms with Crippen molar-refractivity contribution in [1.29, 1.82) is 5.26 Å². The number of morpholine rings is 1. The van der Waals surface area contributed by atoms with Gasteiger partial charge in [0.15, 0.2) is 0 Å². The SMILES string of the molecule is C=C(/C=c1/ccc(-c2ccc(/C(C)=C(\C#N)C(=O)NC(C)(C)CCO)n2C)cc1=C)NCCN1CCOCC1. The van der Waals surface area contributed by atoms with Crippen molar-refractivity contribution in [2.45, 2.75) is 32.7 Å². The summed E-state index contributed by atoms with van der Waals surface area (Å²) in [4.78, 5) is 15.2. The van der Waals surface area contributed by atoms with E-state index in [1.54, 1.807) is 6.92 Å². The number of amides is 1. The summed E-state index contributed by atoms with van der Waals surface area (Å²) < 4.78 is 7.37. The smallest absolute Gasteiger partial charge is 0.262 e. The van der Waals surface area contributed by atoms with Crippen molar-refractivity contribution in [3.05, 3.63) is 64.3 Å². The molecular formula is C31H41N5O3. The fourth-order valence-electron chi connectivity index (χ4n) is 4.67. The van der Waals surface area contributed by atoms with E-state index in [9.17, 15) is 15.2 Å². The number of hydrogen-bond acceptors (Lipinski definition) is 6. The zero-order chi connectivity index (χ0) is 28.6. The summed E-state index contributed by atoms with van der Waals surface area (Å²) in [6.07, 6.45) is 2.40. The molecule has 0 spiro atoms. The van der Waals surface area contributed by atoms with E-state index >= 15 is 0 Å². The maximum Gasteiger partial charge on any atom is 0.262 e. The standard InChI is InChI=1S/C31H41N5O3/c1-22-19-26(8-7-25(22)20-23(2)33-12-13-36-14-17-39-18-15-36)29-10-9-28(35(29)6)24(3)27(21-32)30(38)34-31(4,5)11-16-37/h7-10,19-20,33,37H,1-2,11-18H2,3-6H3,(H,34,38)/b25-20-,27-24+. The summed E-state index contributed by atoms with van der Waals surface area (Å²) in [6.45, 7) is 19.0. The van der Waals surface area contributed by atoms with Gasteiger partial charge < -0.3 is 25.0 Å². The van der Waals surface area contributed by atoms with E-state index in [0.29, 0.717) is 12.0 Å². The van der Waals surface area contributed by atoms with Crippen LogP contribution in [0.15, 0.2) is 48.2 Å². The van der Waals surface area contributed by atoms with E-state index in [1.807, 2.05) is 61.9 Å². The molecule has 1 aliphatic heterocycles. The van der Waals surface area contributed by atoms with Gasteiger partial charge in [0.25, 0.3) is 5.91 Å². The summed E-state index contributed by atoms with van der Waals surface area (Å²) in [6, 6.07) is 12.0. The molecule has 8 heteroatoms. The highest BCUT2D eigenvalue weighted by atomic mass is 16.5. The number of aromatic nitrogens is 1. The molecule has 0 unspecified atom stereocenters. The summed E-state index contributed by atoms with van der Waals surface area (Å²) in [5, 5.41) is 27.1. The number of carbonyl (C=O) groups excluding carboxylic acids is 1. The average Bonchev–Trinajstić information content (AvgIpc) is 3.27. The monoisotopic (exact) mass is 531 g/mol. The molecule has 1 aromatic heterocycles. The van der Waals surface area contributed by atoms with Crippen LogP contribution in [0.25, 0.3) is 29.5 Å². The summed E-state index contributed by atoms with van der Waals surface area (Å²) in [5.41, 5.74) is 3.56. The lowest BCUT2D eigenvalue weighted by atomic mass is 9.99. The minimum absolute atomic E-state index is 0.0520. The number of benzene rings is 1. The number of rotatable bonds is 11. The summed E-state index contributed by atoms with van der Waals surface area (Å²) >= 11 is 0. The fourth-order valence-corrected chi connectivity index (χ4v) is 4.67. The number of nitrogens with zero attached hydrogens (tertiary/aromatic N) is 3. The van der Waals surface area contributed by atoms with Gasteiger partial charge in [0.2, 0.25) is 0 Å². The van der Waals surface area contributed by atoms with Gasteiger partial charge in [-0.05, 0) is 73.0 Å². The number of hydrogen-bond donors (Lipinski definition) is 3. The van der Waals surface area contributed by atoms with Crippen molar-refractivity contribution in [2.75, 3.05) is 46.0 Å². The lowest BCUT2D eigenvalue weighted by Crippen LogP contribution is -2.44. The number of nitrogens with one attached hydrogen (secondary N) is 2. The minimum atomic E-state index is -0.625. The number of aliphatic hydroxyl groups excluding tert-OH is 1. The number of allylic oxidation sites excluding steroid dienone is 2. The lowest BCUT2D eigenvalue weighted by Gasteiger charge is -2.26. The van der Waals surface area contributed by atoms with Gasteiger partial charge in [0, 0.05) is 62.5 Å². The van der Waals surface area contributed by atoms with E-state index in [1.165, 1.54) is 0 Å². The Morgan fingerprint density at radius 1 is 1.26 bits per heavy atom. The summed E-state index contributed by atoms with van der Waals surface area (Å²) in [5.74, 6) is -0.449. The largest absolute Gasteiger partial charge is 0.396 e. The zero-order valence-corrected chi connectivity index (χ0v) is 23.6. The molecule has 1 aliphatic rings. The molecule has 1 saturated heterocycles. The van der Waals surface area contributed by atoms with E-state index in [2.05, 4.69) is 34.8 Å². The van der Waals surface area contributed by atoms with Crippen LogP contribution in [0.1, 0.15) is 32.9 Å². The predicted molar refractivity (Wildman–Crippen MR) is 157 cm³/mol. The molecule has 39 heavy (non-hydrogen) atoms. The van der Waals surface area contributed by atoms with Crippen molar-refractivity contribution < 1.29 is 14.6 Å². The van der Waals surface area contributed by atoms with Gasteiger partial charge in [-0.2, -0.15) is 5.26 Å². The van der Waals surface area contributed by atoms with E-state index in [4.69, 9.17) is 4.74 Å². The number of aliphatic hydroxyl groups is 1. The molecule has 0 bridgehead atoms. The third-order valence-electron chi connectivity index (χ3n) is 7.06. The molecule has 3 rings (SSSR count). The average molecular weight is 532 g/mol. The Morgan fingerprint density at radius 2 is 1.97 bits per heavy atom. The molecule has 208 valence electrons. The Hall–Kier alpha value is -3.64. The molecule has 0 saturated carbocycles. The second-order valence-corrected chi connectivity index (χ2v) is 10.6. The maximum atomic E-state index is 12.9. The molecule has 1 fully saturated rings. The van der Waals surface area contributed by atoms with Crippen LogP contribution in [0.3, 0.4) is 0 Å². The van der Waals surface area contributed by atoms with Crippen molar-refractivity contribution in [3.8, 4) is 17.3 Å². The second kappa shape index (κ2) is 13.4. The van der Waals surface area contributed by atoms with Crippen molar-refractivity contribution in [1.82, 2.24) is 20.1 Å². The van der Waals surface area contributed by atoms with Crippen LogP contribution >= 0.6 is 0 Å². The molecule has 0 atom stereocenters. The van der Waals surface area contributed by atoms with E-state index in [-0.39, 0.29) is 12.2 Å². The molecule has 1 amide bonds. The van der Waals surface area contributed by atoms with Gasteiger partial charge in [-0.15, -0.1) is 0 Å². The zero-order valence-electron chi connectivity index (χ0n) is 23.6. The molecule has 3 N–H and O–H groups in total. The molecule has 2 heterocycles. The Labute approximate surface area is 231 Å². The number of nitriles is 1. The highest BCUT2D eigenvalue weighted by molar-refractivity contribution is 6.04. The maximum absolute atomic E-state index is 12.9. The number of carbonyl (C=O) groups is 1. The lowest BCUT2D eigenvalue weighted by molar-refractivity contribution is -0.118. The fraction of sp³-hybridized carbons (Fsp3) is 0.419. The van der Waals surface area contributed by atoms with Crippen LogP contribution in [0.2, 0.25) is 0 Å². The Bertz CT molecular complexity index is 1370. The van der Waals surface area contributed by atoms with Crippen LogP contribution in [-0.4, -0.2) is 72.0 Å². The van der Waals surface area contributed by atoms with Gasteiger partial charge in [-0.3, -0.25) is 9.69 Å². The molecule has 2 aromatic rings. The Morgan fingerprint density at radius 3 is 2.62 bits per heavy atom. The number of ether oxygens (including phenoxy) is 1. The second-order valence-electron chi connectivity index (χ2n) is 10.6. The van der Waals surface area contributed by atoms with Crippen LogP contribution in [0.4, 0.5) is 0 Å². The Balaban J connectivity index is 1.76. The van der Waals surface area contributed by atoms with Crippen LogP contribution in [0.5, 0.6) is 0 Å². The van der Waals surface area contributed by atoms with Gasteiger partial charge in [0.1, 0.15) is 11.6 Å². The van der Waals surface area contributed by atoms with Gasteiger partial charge in [0.05, 0.1) is 13.2 Å². The van der Waals surface area contributed by atoms with Crippen molar-refractivity contribution >= 4 is 24.1 Å². The molecule has 8 nitrogen and oxygen atoms in total. The third-order valence-corrected chi connectivity index (χ3v) is 7.06. The highest BCUT2D eigenvalue weighted by Crippen LogP contribution is 2.26. The first-order chi connectivity index (χ1) is 18.6. The molecule has 1 aromatic carbocycles. The van der Waals surface area contributed by atoms with Gasteiger partial charge in [-0.25, -0.2) is 0 Å². The Kier molecular flexibility index (Phi) is 10.3. The molecule has 0 radical (unpaired) electrons. The first-order valence-corrected chi connectivity index (χ1v) is 13.3. The molecular weight excluding hydrogens is 490 g/mol. The van der Waals surface area contributed by atoms with Crippen molar-refractivity contribution in [3.63, 3.8) is 0 Å². The first-order valence-electron chi connectivity index (χ1n) is 13.3. The topological polar surface area (TPSA) is 103 Å². The normalized spacial score (nSPS) is 15.4. The van der Waals surface area contributed by atoms with Crippen LogP contribution < -0.4 is 21.1 Å². The van der Waals surface area contributed by atoms with Crippen LogP contribution in [-0.2, 0) is 16.6 Å². The van der Waals surface area contributed by atoms with Gasteiger partial charge >= 0.3 is 0 Å². The quantitative estimate of drug-likeness (QED) is 0.302.